The van der Waals surface area contributed by atoms with E-state index in [2.05, 4.69) is 10.3 Å². The van der Waals surface area contributed by atoms with Gasteiger partial charge in [0.15, 0.2) is 0 Å². The number of hydrogen-bond acceptors (Lipinski definition) is 3. The van der Waals surface area contributed by atoms with E-state index < -0.39 is 5.97 Å². The largest absolute Gasteiger partial charge is 0.477 e. The minimum absolute atomic E-state index is 0.0112. The van der Waals surface area contributed by atoms with Crippen LogP contribution < -0.4 is 5.32 Å². The minimum Gasteiger partial charge on any atom is -0.477 e. The maximum Gasteiger partial charge on any atom is 0.354 e. The van der Waals surface area contributed by atoms with E-state index in [0.717, 1.165) is 24.0 Å². The van der Waals surface area contributed by atoms with Crippen LogP contribution in [0.3, 0.4) is 0 Å². The Balaban J connectivity index is 1.79. The third-order valence-electron chi connectivity index (χ3n) is 4.15. The summed E-state index contributed by atoms with van der Waals surface area (Å²) in [6.07, 6.45) is 3.52. The summed E-state index contributed by atoms with van der Waals surface area (Å²) in [5.41, 5.74) is 2.59. The molecule has 1 aliphatic carbocycles. The highest BCUT2D eigenvalue weighted by Gasteiger charge is 2.34. The second-order valence-electron chi connectivity index (χ2n) is 5.88. The lowest BCUT2D eigenvalue weighted by Crippen LogP contribution is -2.30. The Morgan fingerprint density at radius 3 is 2.52 bits per heavy atom. The fraction of sp³-hybridized carbons (Fsp3) is 0.278. The van der Waals surface area contributed by atoms with Crippen LogP contribution in [-0.4, -0.2) is 22.0 Å². The van der Waals surface area contributed by atoms with E-state index in [1.54, 1.807) is 0 Å². The number of nitrogens with zero attached hydrogens (tertiary/aromatic N) is 1. The molecule has 0 aliphatic heterocycles. The van der Waals surface area contributed by atoms with Crippen molar-refractivity contribution in [1.29, 1.82) is 0 Å². The fourth-order valence-corrected chi connectivity index (χ4v) is 2.69. The lowest BCUT2D eigenvalue weighted by atomic mass is 9.97. The number of amides is 1. The van der Waals surface area contributed by atoms with Crippen LogP contribution in [0, 0.1) is 12.8 Å². The van der Waals surface area contributed by atoms with Crippen molar-refractivity contribution >= 4 is 11.9 Å². The van der Waals surface area contributed by atoms with E-state index in [1.165, 1.54) is 18.3 Å². The smallest absolute Gasteiger partial charge is 0.354 e. The van der Waals surface area contributed by atoms with Gasteiger partial charge in [-0.05, 0) is 48.9 Å². The van der Waals surface area contributed by atoms with Gasteiger partial charge in [0.2, 0.25) is 0 Å². The summed E-state index contributed by atoms with van der Waals surface area (Å²) >= 11 is 0. The highest BCUT2D eigenvalue weighted by Crippen LogP contribution is 2.41. The number of nitrogens with one attached hydrogen (secondary N) is 1. The van der Waals surface area contributed by atoms with Crippen molar-refractivity contribution in [1.82, 2.24) is 10.3 Å². The van der Waals surface area contributed by atoms with E-state index in [-0.39, 0.29) is 17.6 Å². The van der Waals surface area contributed by atoms with Crippen molar-refractivity contribution < 1.29 is 14.7 Å². The fourth-order valence-electron chi connectivity index (χ4n) is 2.69. The lowest BCUT2D eigenvalue weighted by molar-refractivity contribution is 0.0689. The zero-order chi connectivity index (χ0) is 16.4. The minimum atomic E-state index is -1.10. The molecule has 5 nitrogen and oxygen atoms in total. The lowest BCUT2D eigenvalue weighted by Gasteiger charge is -2.20. The third kappa shape index (κ3) is 3.39. The molecule has 1 fully saturated rings. The van der Waals surface area contributed by atoms with Crippen LogP contribution in [0.5, 0.6) is 0 Å². The highest BCUT2D eigenvalue weighted by atomic mass is 16.4. The number of carbonyl (C=O) groups is 2. The molecule has 1 saturated carbocycles. The molecule has 3 rings (SSSR count). The van der Waals surface area contributed by atoms with E-state index in [0.29, 0.717) is 11.5 Å². The van der Waals surface area contributed by atoms with Gasteiger partial charge in [0, 0.05) is 6.20 Å². The molecule has 1 aliphatic rings. The molecule has 0 saturated heterocycles. The molecule has 1 aromatic heterocycles. The number of carboxylic acids is 1. The SMILES string of the molecule is Cc1ccccc1C(NC(=O)c1ccc(C(=O)O)nc1)C1CC1. The number of rotatable bonds is 5. The molecule has 5 heteroatoms. The molecular formula is C18H18N2O3. The maximum absolute atomic E-state index is 12.5. The summed E-state index contributed by atoms with van der Waals surface area (Å²) < 4.78 is 0. The van der Waals surface area contributed by atoms with Gasteiger partial charge in [0.1, 0.15) is 5.69 Å². The summed E-state index contributed by atoms with van der Waals surface area (Å²) in [7, 11) is 0. The first-order valence-corrected chi connectivity index (χ1v) is 7.62. The normalized spacial score (nSPS) is 15.0. The van der Waals surface area contributed by atoms with Crippen LogP contribution in [0.25, 0.3) is 0 Å². The summed E-state index contributed by atoms with van der Waals surface area (Å²) in [6, 6.07) is 10.9. The van der Waals surface area contributed by atoms with Crippen molar-refractivity contribution in [2.45, 2.75) is 25.8 Å². The Hall–Kier alpha value is -2.69. The first kappa shape index (κ1) is 15.2. The van der Waals surface area contributed by atoms with Crippen molar-refractivity contribution in [3.8, 4) is 0 Å². The van der Waals surface area contributed by atoms with Gasteiger partial charge in [0.05, 0.1) is 11.6 Å². The number of carbonyl (C=O) groups excluding carboxylic acids is 1. The van der Waals surface area contributed by atoms with Gasteiger partial charge >= 0.3 is 5.97 Å². The highest BCUT2D eigenvalue weighted by molar-refractivity contribution is 5.95. The molecule has 1 atom stereocenters. The Labute approximate surface area is 134 Å². The molecule has 0 bridgehead atoms. The molecule has 1 unspecified atom stereocenters. The van der Waals surface area contributed by atoms with Crippen LogP contribution in [-0.2, 0) is 0 Å². The first-order valence-electron chi connectivity index (χ1n) is 7.62. The maximum atomic E-state index is 12.5. The number of carboxylic acid groups (broad SMARTS) is 1. The number of aryl methyl sites for hydroxylation is 1. The summed E-state index contributed by atoms with van der Waals surface area (Å²) in [5, 5.41) is 11.9. The summed E-state index contributed by atoms with van der Waals surface area (Å²) in [5.74, 6) is -0.867. The van der Waals surface area contributed by atoms with Crippen molar-refractivity contribution in [2.24, 2.45) is 5.92 Å². The van der Waals surface area contributed by atoms with E-state index >= 15 is 0 Å². The zero-order valence-corrected chi connectivity index (χ0v) is 12.8. The topological polar surface area (TPSA) is 79.3 Å². The van der Waals surface area contributed by atoms with Gasteiger partial charge in [-0.2, -0.15) is 0 Å². The van der Waals surface area contributed by atoms with Crippen LogP contribution in [0.2, 0.25) is 0 Å². The first-order chi connectivity index (χ1) is 11.1. The van der Waals surface area contributed by atoms with Gasteiger partial charge in [-0.1, -0.05) is 24.3 Å². The van der Waals surface area contributed by atoms with Crippen molar-refractivity contribution in [3.63, 3.8) is 0 Å². The standard InChI is InChI=1S/C18H18N2O3/c1-11-4-2-3-5-14(11)16(12-6-7-12)20-17(21)13-8-9-15(18(22)23)19-10-13/h2-5,8-10,12,16H,6-7H2,1H3,(H,20,21)(H,22,23). The van der Waals surface area contributed by atoms with E-state index in [1.807, 2.05) is 31.2 Å². The molecule has 1 amide bonds. The Bertz CT molecular complexity index is 736. The number of hydrogen-bond donors (Lipinski definition) is 2. The number of pyridine rings is 1. The van der Waals surface area contributed by atoms with Crippen LogP contribution in [0.15, 0.2) is 42.6 Å². The quantitative estimate of drug-likeness (QED) is 0.890. The zero-order valence-electron chi connectivity index (χ0n) is 12.8. The second-order valence-corrected chi connectivity index (χ2v) is 5.88. The van der Waals surface area contributed by atoms with Gasteiger partial charge < -0.3 is 10.4 Å². The molecule has 1 heterocycles. The average Bonchev–Trinajstić information content (AvgIpc) is 3.38. The number of benzene rings is 1. The van der Waals surface area contributed by atoms with Crippen LogP contribution >= 0.6 is 0 Å². The molecule has 0 spiro atoms. The molecule has 23 heavy (non-hydrogen) atoms. The Kier molecular flexibility index (Phi) is 4.10. The molecule has 2 N–H and O–H groups in total. The molecule has 0 radical (unpaired) electrons. The number of aromatic nitrogens is 1. The van der Waals surface area contributed by atoms with Crippen molar-refractivity contribution in [2.75, 3.05) is 0 Å². The second kappa shape index (κ2) is 6.20. The third-order valence-corrected chi connectivity index (χ3v) is 4.15. The van der Waals surface area contributed by atoms with Crippen LogP contribution in [0.4, 0.5) is 0 Å². The number of aromatic carboxylic acids is 1. The van der Waals surface area contributed by atoms with Gasteiger partial charge in [-0.3, -0.25) is 4.79 Å². The summed E-state index contributed by atoms with van der Waals surface area (Å²) in [4.78, 5) is 27.1. The van der Waals surface area contributed by atoms with Gasteiger partial charge in [-0.25, -0.2) is 9.78 Å². The predicted octanol–water partition coefficient (Wildman–Crippen LogP) is 2.97. The van der Waals surface area contributed by atoms with E-state index in [9.17, 15) is 9.59 Å². The monoisotopic (exact) mass is 310 g/mol. The Morgan fingerprint density at radius 2 is 1.96 bits per heavy atom. The average molecular weight is 310 g/mol. The summed E-state index contributed by atoms with van der Waals surface area (Å²) in [6.45, 7) is 2.04. The van der Waals surface area contributed by atoms with E-state index in [4.69, 9.17) is 5.11 Å². The van der Waals surface area contributed by atoms with Gasteiger partial charge in [-0.15, -0.1) is 0 Å². The van der Waals surface area contributed by atoms with Crippen molar-refractivity contribution in [3.05, 3.63) is 65.0 Å². The molecule has 2 aromatic rings. The Morgan fingerprint density at radius 1 is 1.22 bits per heavy atom. The van der Waals surface area contributed by atoms with Crippen LogP contribution in [0.1, 0.15) is 50.9 Å². The molecule has 118 valence electrons. The van der Waals surface area contributed by atoms with Gasteiger partial charge in [0.25, 0.3) is 5.91 Å². The predicted molar refractivity (Wildman–Crippen MR) is 85.3 cm³/mol. The molecular weight excluding hydrogens is 292 g/mol. The molecule has 1 aromatic carbocycles.